The zero-order valence-corrected chi connectivity index (χ0v) is 7.89. The van der Waals surface area contributed by atoms with Crippen molar-refractivity contribution in [3.8, 4) is 0 Å². The number of nitrogens with zero attached hydrogens (tertiary/aromatic N) is 1. The van der Waals surface area contributed by atoms with Crippen LogP contribution in [-0.2, 0) is 4.74 Å². The van der Waals surface area contributed by atoms with Gasteiger partial charge < -0.3 is 4.74 Å². The monoisotopic (exact) mass is 203 g/mol. The van der Waals surface area contributed by atoms with E-state index in [4.69, 9.17) is 11.6 Å². The van der Waals surface area contributed by atoms with Gasteiger partial charge in [-0.3, -0.25) is 0 Å². The Labute approximate surface area is 80.1 Å². The molecule has 0 atom stereocenters. The molecule has 0 amide bonds. The molecule has 5 heteroatoms. The fraction of sp³-hybridized carbons (Fsp3) is 0.143. The lowest BCUT2D eigenvalue weighted by Gasteiger charge is -1.99. The maximum absolute atomic E-state index is 10.9. The number of thiol groups is 1. The van der Waals surface area contributed by atoms with Crippen molar-refractivity contribution in [1.82, 2.24) is 4.98 Å². The van der Waals surface area contributed by atoms with Crippen molar-refractivity contribution in [2.45, 2.75) is 5.03 Å². The maximum Gasteiger partial charge on any atom is 0.339 e. The molecule has 0 aliphatic carbocycles. The predicted octanol–water partition coefficient (Wildman–Crippen LogP) is 1.81. The van der Waals surface area contributed by atoms with Gasteiger partial charge in [-0.15, -0.1) is 12.6 Å². The number of esters is 1. The quantitative estimate of drug-likeness (QED) is 0.559. The molecule has 64 valence electrons. The van der Waals surface area contributed by atoms with Gasteiger partial charge in [-0.25, -0.2) is 9.78 Å². The molecule has 0 aliphatic heterocycles. The number of hydrogen-bond donors (Lipinski definition) is 1. The van der Waals surface area contributed by atoms with Crippen LogP contribution in [0.1, 0.15) is 10.4 Å². The second-order valence-corrected chi connectivity index (χ2v) is 2.85. The Morgan fingerprint density at radius 2 is 2.42 bits per heavy atom. The largest absolute Gasteiger partial charge is 0.465 e. The highest BCUT2D eigenvalue weighted by molar-refractivity contribution is 7.80. The Morgan fingerprint density at radius 3 is 2.92 bits per heavy atom. The lowest BCUT2D eigenvalue weighted by atomic mass is 10.3. The lowest BCUT2D eigenvalue weighted by Crippen LogP contribution is -2.01. The fourth-order valence-electron chi connectivity index (χ4n) is 0.660. The second-order valence-electron chi connectivity index (χ2n) is 2.02. The summed E-state index contributed by atoms with van der Waals surface area (Å²) in [4.78, 5) is 14.7. The summed E-state index contributed by atoms with van der Waals surface area (Å²) >= 11 is 9.62. The molecule has 3 nitrogen and oxygen atoms in total. The Bertz CT molecular complexity index is 316. The van der Waals surface area contributed by atoms with Gasteiger partial charge in [-0.2, -0.15) is 0 Å². The van der Waals surface area contributed by atoms with E-state index in [1.54, 1.807) is 0 Å². The summed E-state index contributed by atoms with van der Waals surface area (Å²) in [5.74, 6) is -0.460. The van der Waals surface area contributed by atoms with E-state index in [-0.39, 0.29) is 0 Å². The van der Waals surface area contributed by atoms with E-state index in [9.17, 15) is 4.79 Å². The summed E-state index contributed by atoms with van der Waals surface area (Å²) in [6, 6.07) is 1.46. The summed E-state index contributed by atoms with van der Waals surface area (Å²) in [5.41, 5.74) is 0.320. The molecule has 0 spiro atoms. The fourth-order valence-corrected chi connectivity index (χ4v) is 0.949. The number of pyridine rings is 1. The van der Waals surface area contributed by atoms with Crippen LogP contribution in [0.15, 0.2) is 17.3 Å². The van der Waals surface area contributed by atoms with Crippen LogP contribution in [0.25, 0.3) is 0 Å². The minimum atomic E-state index is -0.460. The molecule has 1 aromatic rings. The van der Waals surface area contributed by atoms with E-state index in [1.165, 1.54) is 19.4 Å². The Morgan fingerprint density at radius 1 is 1.75 bits per heavy atom. The van der Waals surface area contributed by atoms with Crippen molar-refractivity contribution < 1.29 is 9.53 Å². The molecule has 1 rings (SSSR count). The smallest absolute Gasteiger partial charge is 0.339 e. The van der Waals surface area contributed by atoms with Crippen LogP contribution in [0.3, 0.4) is 0 Å². The number of hydrogen-bond acceptors (Lipinski definition) is 4. The third-order valence-electron chi connectivity index (χ3n) is 1.24. The van der Waals surface area contributed by atoms with Gasteiger partial charge in [0.15, 0.2) is 0 Å². The number of carbonyl (C=O) groups excluding carboxylic acids is 1. The van der Waals surface area contributed by atoms with Gasteiger partial charge in [-0.1, -0.05) is 11.6 Å². The first kappa shape index (κ1) is 9.35. The zero-order valence-electron chi connectivity index (χ0n) is 6.24. The number of halogens is 1. The summed E-state index contributed by atoms with van der Waals surface area (Å²) in [6.07, 6.45) is 1.36. The van der Waals surface area contributed by atoms with E-state index >= 15 is 0 Å². The highest BCUT2D eigenvalue weighted by Crippen LogP contribution is 2.18. The van der Waals surface area contributed by atoms with Gasteiger partial charge in [0.25, 0.3) is 0 Å². The van der Waals surface area contributed by atoms with Crippen molar-refractivity contribution in [3.05, 3.63) is 22.8 Å². The third kappa shape index (κ3) is 1.89. The molecule has 12 heavy (non-hydrogen) atoms. The minimum Gasteiger partial charge on any atom is -0.465 e. The molecule has 0 N–H and O–H groups in total. The van der Waals surface area contributed by atoms with Crippen molar-refractivity contribution in [2.75, 3.05) is 7.11 Å². The molecule has 0 fully saturated rings. The topological polar surface area (TPSA) is 39.2 Å². The average molecular weight is 204 g/mol. The van der Waals surface area contributed by atoms with Gasteiger partial charge >= 0.3 is 5.97 Å². The standard InChI is InChI=1S/C7H6ClNO2S/c1-11-7(10)4-2-5(8)6(12)9-3-4/h2-3H,1H3,(H,9,12). The lowest BCUT2D eigenvalue weighted by molar-refractivity contribution is 0.0600. The number of ether oxygens (including phenoxy) is 1. The number of rotatable bonds is 1. The highest BCUT2D eigenvalue weighted by Gasteiger charge is 2.07. The third-order valence-corrected chi connectivity index (χ3v) is 2.02. The van der Waals surface area contributed by atoms with Crippen LogP contribution < -0.4 is 0 Å². The van der Waals surface area contributed by atoms with Crippen molar-refractivity contribution in [2.24, 2.45) is 0 Å². The van der Waals surface area contributed by atoms with Crippen molar-refractivity contribution in [3.63, 3.8) is 0 Å². The van der Waals surface area contributed by atoms with Crippen LogP contribution in [0.5, 0.6) is 0 Å². The van der Waals surface area contributed by atoms with E-state index in [2.05, 4.69) is 22.3 Å². The summed E-state index contributed by atoms with van der Waals surface area (Å²) in [6.45, 7) is 0. The average Bonchev–Trinajstić information content (AvgIpc) is 2.08. The van der Waals surface area contributed by atoms with E-state index < -0.39 is 5.97 Å². The van der Waals surface area contributed by atoms with Crippen LogP contribution in [0, 0.1) is 0 Å². The number of carbonyl (C=O) groups is 1. The molecule has 0 saturated heterocycles. The zero-order chi connectivity index (χ0) is 9.14. The van der Waals surface area contributed by atoms with Crippen molar-refractivity contribution in [1.29, 1.82) is 0 Å². The molecule has 0 aliphatic rings. The van der Waals surface area contributed by atoms with E-state index in [0.29, 0.717) is 15.6 Å². The summed E-state index contributed by atoms with van der Waals surface area (Å²) < 4.78 is 4.47. The molecule has 0 aromatic carbocycles. The first-order chi connectivity index (χ1) is 5.65. The Balaban J connectivity index is 3.05. The molecule has 1 heterocycles. The number of aromatic nitrogens is 1. The second kappa shape index (κ2) is 3.78. The summed E-state index contributed by atoms with van der Waals surface area (Å²) in [5, 5.41) is 0.727. The van der Waals surface area contributed by atoms with Gasteiger partial charge in [0.2, 0.25) is 0 Å². The first-order valence-electron chi connectivity index (χ1n) is 3.08. The molecule has 0 radical (unpaired) electrons. The predicted molar refractivity (Wildman–Crippen MR) is 47.8 cm³/mol. The van der Waals surface area contributed by atoms with Crippen molar-refractivity contribution >= 4 is 30.2 Å². The van der Waals surface area contributed by atoms with Gasteiger partial charge in [0.1, 0.15) is 5.03 Å². The van der Waals surface area contributed by atoms with Gasteiger partial charge in [0.05, 0.1) is 17.7 Å². The molecule has 0 saturated carbocycles. The van der Waals surface area contributed by atoms with Crippen LogP contribution in [0.4, 0.5) is 0 Å². The molecular weight excluding hydrogens is 198 g/mol. The maximum atomic E-state index is 10.9. The highest BCUT2D eigenvalue weighted by atomic mass is 35.5. The normalized spacial score (nSPS) is 9.58. The SMILES string of the molecule is COC(=O)c1cnc(S)c(Cl)c1. The van der Waals surface area contributed by atoms with E-state index in [0.717, 1.165) is 0 Å². The van der Waals surface area contributed by atoms with E-state index in [1.807, 2.05) is 0 Å². The summed E-state index contributed by atoms with van der Waals surface area (Å²) in [7, 11) is 1.30. The van der Waals surface area contributed by atoms with Gasteiger partial charge in [-0.05, 0) is 6.07 Å². The molecule has 1 aromatic heterocycles. The molecule has 0 unspecified atom stereocenters. The molecule has 0 bridgehead atoms. The first-order valence-corrected chi connectivity index (χ1v) is 3.90. The Hall–Kier alpha value is -0.740. The van der Waals surface area contributed by atoms with Crippen LogP contribution in [-0.4, -0.2) is 18.1 Å². The van der Waals surface area contributed by atoms with Crippen LogP contribution >= 0.6 is 24.2 Å². The number of methoxy groups -OCH3 is 1. The van der Waals surface area contributed by atoms with Gasteiger partial charge in [0, 0.05) is 6.20 Å². The molecular formula is C7H6ClNO2S. The van der Waals surface area contributed by atoms with Crippen LogP contribution in [0.2, 0.25) is 5.02 Å². The minimum absolute atomic E-state index is 0.320. The Kier molecular flexibility index (Phi) is 2.94.